The first-order valence-corrected chi connectivity index (χ1v) is 8.20. The lowest BCUT2D eigenvalue weighted by Gasteiger charge is -2.13. The Kier molecular flexibility index (Phi) is 4.64. The van der Waals surface area contributed by atoms with Crippen molar-refractivity contribution in [1.82, 2.24) is 14.5 Å². The minimum Gasteiger partial charge on any atom is -0.481 e. The summed E-state index contributed by atoms with van der Waals surface area (Å²) in [6, 6.07) is 0. The van der Waals surface area contributed by atoms with E-state index in [4.69, 9.17) is 10.2 Å². The third kappa shape index (κ3) is 4.26. The fraction of sp³-hybridized carbons (Fsp3) is 0.667. The maximum atomic E-state index is 12.1. The summed E-state index contributed by atoms with van der Waals surface area (Å²) in [5, 5.41) is 21.4. The van der Waals surface area contributed by atoms with Crippen molar-refractivity contribution in [2.24, 2.45) is 5.41 Å². The number of hydrogen-bond donors (Lipinski definition) is 3. The van der Waals surface area contributed by atoms with Crippen LogP contribution in [-0.2, 0) is 21.4 Å². The zero-order chi connectivity index (χ0) is 15.5. The predicted octanol–water partition coefficient (Wildman–Crippen LogP) is -0.201. The van der Waals surface area contributed by atoms with Gasteiger partial charge < -0.3 is 10.2 Å². The van der Waals surface area contributed by atoms with E-state index >= 15 is 0 Å². The Morgan fingerprint density at radius 3 is 2.76 bits per heavy atom. The molecule has 0 aromatic carbocycles. The average Bonchev–Trinajstić information content (AvgIpc) is 3.01. The van der Waals surface area contributed by atoms with Crippen LogP contribution in [0.25, 0.3) is 0 Å². The molecule has 118 valence electrons. The van der Waals surface area contributed by atoms with Gasteiger partial charge in [0.2, 0.25) is 10.0 Å². The molecule has 1 fully saturated rings. The largest absolute Gasteiger partial charge is 0.481 e. The maximum absolute atomic E-state index is 12.1. The summed E-state index contributed by atoms with van der Waals surface area (Å²) in [6.07, 6.45) is 4.82. The molecule has 0 aliphatic heterocycles. The van der Waals surface area contributed by atoms with Crippen molar-refractivity contribution < 1.29 is 23.4 Å². The van der Waals surface area contributed by atoms with Crippen LogP contribution in [-0.4, -0.2) is 47.5 Å². The topological polar surface area (TPSA) is 122 Å². The van der Waals surface area contributed by atoms with Crippen LogP contribution in [0.15, 0.2) is 17.3 Å². The van der Waals surface area contributed by atoms with Crippen LogP contribution < -0.4 is 4.72 Å². The van der Waals surface area contributed by atoms with Gasteiger partial charge in [-0.05, 0) is 24.7 Å². The standard InChI is InChI=1S/C12H19N3O5S/c16-6-4-12(2-3-12)9-14-21(19,20)10-7-13-15(8-10)5-1-11(17)18/h7-8,14,16H,1-6,9H2,(H,17,18). The summed E-state index contributed by atoms with van der Waals surface area (Å²) < 4.78 is 28.1. The number of aliphatic hydroxyl groups excluding tert-OH is 1. The first kappa shape index (κ1) is 15.9. The Hall–Kier alpha value is -1.45. The molecule has 1 aromatic heterocycles. The second-order valence-corrected chi connectivity index (χ2v) is 7.15. The Balaban J connectivity index is 1.95. The number of carboxylic acid groups (broad SMARTS) is 1. The van der Waals surface area contributed by atoms with Gasteiger partial charge in [-0.1, -0.05) is 0 Å². The van der Waals surface area contributed by atoms with Crippen LogP contribution in [0.3, 0.4) is 0 Å². The van der Waals surface area contributed by atoms with E-state index in [-0.39, 0.29) is 29.9 Å². The van der Waals surface area contributed by atoms with Crippen molar-refractivity contribution in [2.45, 2.75) is 37.1 Å². The highest BCUT2D eigenvalue weighted by molar-refractivity contribution is 7.89. The molecule has 21 heavy (non-hydrogen) atoms. The summed E-state index contributed by atoms with van der Waals surface area (Å²) in [5.41, 5.74) is -0.110. The number of carboxylic acids is 1. The van der Waals surface area contributed by atoms with E-state index in [0.717, 1.165) is 12.8 Å². The number of sulfonamides is 1. The van der Waals surface area contributed by atoms with Crippen molar-refractivity contribution in [3.63, 3.8) is 0 Å². The number of aliphatic hydroxyl groups is 1. The van der Waals surface area contributed by atoms with Gasteiger partial charge in [-0.3, -0.25) is 9.48 Å². The summed E-state index contributed by atoms with van der Waals surface area (Å²) in [4.78, 5) is 10.5. The fourth-order valence-corrected chi connectivity index (χ4v) is 3.19. The molecule has 9 heteroatoms. The van der Waals surface area contributed by atoms with Gasteiger partial charge in [0.1, 0.15) is 4.90 Å². The first-order chi connectivity index (χ1) is 9.87. The quantitative estimate of drug-likeness (QED) is 0.580. The molecule has 2 rings (SSSR count). The number of carbonyl (C=O) groups is 1. The molecular formula is C12H19N3O5S. The van der Waals surface area contributed by atoms with Crippen LogP contribution in [0.1, 0.15) is 25.7 Å². The van der Waals surface area contributed by atoms with E-state index < -0.39 is 16.0 Å². The molecule has 0 amide bonds. The Labute approximate surface area is 122 Å². The van der Waals surface area contributed by atoms with Crippen molar-refractivity contribution in [1.29, 1.82) is 0 Å². The third-order valence-corrected chi connectivity index (χ3v) is 5.07. The lowest BCUT2D eigenvalue weighted by atomic mass is 10.0. The van der Waals surface area contributed by atoms with Crippen molar-refractivity contribution >= 4 is 16.0 Å². The fourth-order valence-electron chi connectivity index (χ4n) is 2.08. The van der Waals surface area contributed by atoms with Crippen LogP contribution in [0.4, 0.5) is 0 Å². The van der Waals surface area contributed by atoms with Gasteiger partial charge in [0.25, 0.3) is 0 Å². The number of aliphatic carboxylic acids is 1. The summed E-state index contributed by atoms with van der Waals surface area (Å²) in [6.45, 7) is 0.477. The minimum atomic E-state index is -3.65. The lowest BCUT2D eigenvalue weighted by Crippen LogP contribution is -2.30. The molecule has 0 atom stereocenters. The molecule has 1 aromatic rings. The molecule has 0 bridgehead atoms. The van der Waals surface area contributed by atoms with Gasteiger partial charge in [0.15, 0.2) is 0 Å². The molecule has 0 unspecified atom stereocenters. The number of hydrogen-bond acceptors (Lipinski definition) is 5. The highest BCUT2D eigenvalue weighted by Crippen LogP contribution is 2.48. The van der Waals surface area contributed by atoms with Gasteiger partial charge in [-0.15, -0.1) is 0 Å². The maximum Gasteiger partial charge on any atom is 0.305 e. The Bertz CT molecular complexity index is 606. The normalized spacial score (nSPS) is 16.8. The molecule has 1 heterocycles. The van der Waals surface area contributed by atoms with Gasteiger partial charge in [-0.2, -0.15) is 5.10 Å². The van der Waals surface area contributed by atoms with Crippen LogP contribution in [0.2, 0.25) is 0 Å². The monoisotopic (exact) mass is 317 g/mol. The highest BCUT2D eigenvalue weighted by Gasteiger charge is 2.42. The van der Waals surface area contributed by atoms with Crippen LogP contribution in [0.5, 0.6) is 0 Å². The third-order valence-electron chi connectivity index (χ3n) is 3.71. The summed E-state index contributed by atoms with van der Waals surface area (Å²) in [5.74, 6) is -0.965. The number of nitrogens with one attached hydrogen (secondary N) is 1. The van der Waals surface area contributed by atoms with E-state index in [1.807, 2.05) is 0 Å². The number of rotatable bonds is 9. The van der Waals surface area contributed by atoms with Crippen LogP contribution in [0, 0.1) is 5.41 Å². The van der Waals surface area contributed by atoms with Gasteiger partial charge in [0, 0.05) is 19.3 Å². The molecule has 0 spiro atoms. The van der Waals surface area contributed by atoms with E-state index in [0.29, 0.717) is 13.0 Å². The number of aryl methyl sites for hydroxylation is 1. The SMILES string of the molecule is O=C(O)CCn1cc(S(=O)(=O)NCC2(CCO)CC2)cn1. The van der Waals surface area contributed by atoms with E-state index in [1.54, 1.807) is 0 Å². The number of nitrogens with zero attached hydrogens (tertiary/aromatic N) is 2. The van der Waals surface area contributed by atoms with Gasteiger partial charge >= 0.3 is 5.97 Å². The first-order valence-electron chi connectivity index (χ1n) is 6.72. The molecular weight excluding hydrogens is 298 g/mol. The molecule has 0 radical (unpaired) electrons. The van der Waals surface area contributed by atoms with E-state index in [9.17, 15) is 13.2 Å². The lowest BCUT2D eigenvalue weighted by molar-refractivity contribution is -0.137. The van der Waals surface area contributed by atoms with E-state index in [2.05, 4.69) is 9.82 Å². The van der Waals surface area contributed by atoms with Gasteiger partial charge in [-0.25, -0.2) is 13.1 Å². The summed E-state index contributed by atoms with van der Waals surface area (Å²) >= 11 is 0. The zero-order valence-corrected chi connectivity index (χ0v) is 12.3. The molecule has 1 saturated carbocycles. The number of aromatic nitrogens is 2. The smallest absolute Gasteiger partial charge is 0.305 e. The van der Waals surface area contributed by atoms with Crippen molar-refractivity contribution in [3.05, 3.63) is 12.4 Å². The zero-order valence-electron chi connectivity index (χ0n) is 11.5. The molecule has 0 saturated heterocycles. The Morgan fingerprint density at radius 1 is 1.48 bits per heavy atom. The van der Waals surface area contributed by atoms with Crippen molar-refractivity contribution in [2.75, 3.05) is 13.2 Å². The van der Waals surface area contributed by atoms with Crippen LogP contribution >= 0.6 is 0 Å². The van der Waals surface area contributed by atoms with E-state index in [1.165, 1.54) is 17.1 Å². The molecule has 1 aliphatic rings. The molecule has 1 aliphatic carbocycles. The van der Waals surface area contributed by atoms with Crippen molar-refractivity contribution in [3.8, 4) is 0 Å². The highest BCUT2D eigenvalue weighted by atomic mass is 32.2. The second-order valence-electron chi connectivity index (χ2n) is 5.38. The Morgan fingerprint density at radius 2 is 2.19 bits per heavy atom. The molecule has 3 N–H and O–H groups in total. The predicted molar refractivity (Wildman–Crippen MR) is 73.0 cm³/mol. The van der Waals surface area contributed by atoms with Gasteiger partial charge in [0.05, 0.1) is 19.2 Å². The second kappa shape index (κ2) is 6.12. The molecule has 8 nitrogen and oxygen atoms in total. The summed E-state index contributed by atoms with van der Waals surface area (Å²) in [7, 11) is -3.65. The average molecular weight is 317 g/mol. The minimum absolute atomic E-state index is 0.0210.